The molecule has 0 saturated carbocycles. The summed E-state index contributed by atoms with van der Waals surface area (Å²) in [5.74, 6) is 0. The molecule has 0 amide bonds. The molecule has 0 bridgehead atoms. The van der Waals surface area contributed by atoms with E-state index in [1.54, 1.807) is 6.92 Å². The summed E-state index contributed by atoms with van der Waals surface area (Å²) >= 11 is 0. The molecule has 0 unspecified atom stereocenters. The molecule has 0 atom stereocenters. The second-order valence-corrected chi connectivity index (χ2v) is 0.167. The van der Waals surface area contributed by atoms with Gasteiger partial charge in [0.1, 0.15) is 0 Å². The van der Waals surface area contributed by atoms with E-state index in [1.165, 1.54) is 0 Å². The molecule has 0 spiro atoms. The van der Waals surface area contributed by atoms with Crippen molar-refractivity contribution in [2.45, 2.75) is 6.92 Å². The molecule has 0 aromatic heterocycles. The summed E-state index contributed by atoms with van der Waals surface area (Å²) in [7, 11) is 0. The summed E-state index contributed by atoms with van der Waals surface area (Å²) in [5.41, 5.74) is 0. The molecular weight excluding hydrogens is 153 g/mol. The number of hydrogen-bond donors (Lipinski definition) is 0. The standard InChI is InChI=1S/C2H3O.C2H5.Y/c1-2-3;1-2;/h2H,1H2;1H2,2H3;/q2*-1;. The van der Waals surface area contributed by atoms with Crippen LogP contribution in [0, 0.1) is 13.8 Å². The zero-order chi connectivity index (χ0) is 4.71. The summed E-state index contributed by atoms with van der Waals surface area (Å²) in [6.07, 6.45) is 0.500. The third-order valence-corrected chi connectivity index (χ3v) is 0. The Morgan fingerprint density at radius 3 is 1.50 bits per heavy atom. The molecule has 0 N–H and O–H groups in total. The summed E-state index contributed by atoms with van der Waals surface area (Å²) in [4.78, 5) is 8.69. The Morgan fingerprint density at radius 2 is 1.50 bits per heavy atom. The van der Waals surface area contributed by atoms with Crippen molar-refractivity contribution in [2.24, 2.45) is 0 Å². The predicted octanol–water partition coefficient (Wildman–Crippen LogP) is 0.857. The van der Waals surface area contributed by atoms with Crippen molar-refractivity contribution < 1.29 is 37.5 Å². The van der Waals surface area contributed by atoms with Crippen LogP contribution in [-0.2, 0) is 37.5 Å². The number of hydrogen-bond acceptors (Lipinski definition) is 1. The van der Waals surface area contributed by atoms with Crippen molar-refractivity contribution in [1.29, 1.82) is 0 Å². The maximum absolute atomic E-state index is 8.69. The summed E-state index contributed by atoms with van der Waals surface area (Å²) in [6, 6.07) is 0. The first-order chi connectivity index (χ1) is 2.41. The molecule has 0 aliphatic rings. The molecular formula is C4H8OY-2. The van der Waals surface area contributed by atoms with E-state index in [-0.39, 0.29) is 32.7 Å². The normalized spacial score (nSPS) is 3.00. The first-order valence-electron chi connectivity index (χ1n) is 1.35. The van der Waals surface area contributed by atoms with Crippen LogP contribution in [0.5, 0.6) is 0 Å². The quantitative estimate of drug-likeness (QED) is 0.380. The first-order valence-corrected chi connectivity index (χ1v) is 1.35. The molecule has 0 saturated heterocycles. The smallest absolute Gasteiger partial charge is 0 e. The molecule has 1 nitrogen and oxygen atoms in total. The Hall–Kier alpha value is 0.644. The van der Waals surface area contributed by atoms with Gasteiger partial charge in [0.15, 0.2) is 0 Å². The average molecular weight is 161 g/mol. The topological polar surface area (TPSA) is 17.1 Å². The van der Waals surface area contributed by atoms with Gasteiger partial charge in [0, 0.05) is 32.7 Å². The number of aldehydes is 1. The third kappa shape index (κ3) is 149. The van der Waals surface area contributed by atoms with Gasteiger partial charge in [-0.15, -0.1) is 0 Å². The molecule has 0 aliphatic carbocycles. The largest absolute Gasteiger partial charge is 0.346 e. The van der Waals surface area contributed by atoms with Gasteiger partial charge in [-0.05, 0) is 6.29 Å². The molecule has 0 aromatic rings. The minimum Gasteiger partial charge on any atom is -0.346 e. The van der Waals surface area contributed by atoms with Gasteiger partial charge < -0.3 is 18.6 Å². The Labute approximate surface area is 64.4 Å². The second-order valence-electron chi connectivity index (χ2n) is 0.167. The fourth-order valence-corrected chi connectivity index (χ4v) is 0. The molecule has 35 valence electrons. The molecule has 0 rings (SSSR count). The molecule has 2 heteroatoms. The van der Waals surface area contributed by atoms with E-state index >= 15 is 0 Å². The summed E-state index contributed by atoms with van der Waals surface area (Å²) in [5, 5.41) is 0. The summed E-state index contributed by atoms with van der Waals surface area (Å²) < 4.78 is 0. The first kappa shape index (κ1) is 15.9. The molecule has 0 heterocycles. The second kappa shape index (κ2) is 45.0. The minimum absolute atomic E-state index is 0. The monoisotopic (exact) mass is 161 g/mol. The van der Waals surface area contributed by atoms with Crippen molar-refractivity contribution >= 4 is 6.29 Å². The molecule has 1 radical (unpaired) electrons. The van der Waals surface area contributed by atoms with E-state index in [9.17, 15) is 0 Å². The fourth-order valence-electron chi connectivity index (χ4n) is 0. The number of carbonyl (C=O) groups excluding carboxylic acids is 1. The van der Waals surface area contributed by atoms with E-state index in [1.807, 2.05) is 0 Å². The van der Waals surface area contributed by atoms with Gasteiger partial charge in [-0.3, -0.25) is 0 Å². The van der Waals surface area contributed by atoms with Crippen LogP contribution in [-0.4, -0.2) is 6.29 Å². The van der Waals surface area contributed by atoms with Gasteiger partial charge in [-0.1, -0.05) is 0 Å². The van der Waals surface area contributed by atoms with Crippen molar-refractivity contribution in [3.05, 3.63) is 13.8 Å². The molecule has 0 aliphatic heterocycles. The van der Waals surface area contributed by atoms with E-state index < -0.39 is 0 Å². The van der Waals surface area contributed by atoms with Gasteiger partial charge in [0.2, 0.25) is 0 Å². The predicted molar refractivity (Wildman–Crippen MR) is 22.5 cm³/mol. The minimum atomic E-state index is 0. The van der Waals surface area contributed by atoms with Crippen molar-refractivity contribution in [2.75, 3.05) is 0 Å². The maximum Gasteiger partial charge on any atom is 0 e. The van der Waals surface area contributed by atoms with E-state index in [0.717, 1.165) is 0 Å². The van der Waals surface area contributed by atoms with Crippen LogP contribution >= 0.6 is 0 Å². The maximum atomic E-state index is 8.69. The molecule has 0 aromatic carbocycles. The van der Waals surface area contributed by atoms with Gasteiger partial charge in [0.05, 0.1) is 0 Å². The Morgan fingerprint density at radius 1 is 1.50 bits per heavy atom. The Balaban J connectivity index is -0.0000000275. The molecule has 0 fully saturated rings. The van der Waals surface area contributed by atoms with Gasteiger partial charge in [0.25, 0.3) is 0 Å². The van der Waals surface area contributed by atoms with Crippen molar-refractivity contribution in [3.63, 3.8) is 0 Å². The number of rotatable bonds is 0. The zero-order valence-electron chi connectivity index (χ0n) is 3.98. The number of carbonyl (C=O) groups is 1. The molecule has 6 heavy (non-hydrogen) atoms. The van der Waals surface area contributed by atoms with E-state index in [2.05, 4.69) is 13.8 Å². The Kier molecular flexibility index (Phi) is 120. The van der Waals surface area contributed by atoms with Crippen molar-refractivity contribution in [3.8, 4) is 0 Å². The van der Waals surface area contributed by atoms with Gasteiger partial charge >= 0.3 is 0 Å². The van der Waals surface area contributed by atoms with Crippen LogP contribution in [0.25, 0.3) is 0 Å². The van der Waals surface area contributed by atoms with Crippen LogP contribution in [0.3, 0.4) is 0 Å². The van der Waals surface area contributed by atoms with Crippen LogP contribution in [0.4, 0.5) is 0 Å². The third-order valence-electron chi connectivity index (χ3n) is 0. The zero-order valence-corrected chi connectivity index (χ0v) is 6.82. The van der Waals surface area contributed by atoms with Crippen LogP contribution < -0.4 is 0 Å². The van der Waals surface area contributed by atoms with E-state index in [0.29, 0.717) is 6.29 Å². The van der Waals surface area contributed by atoms with Gasteiger partial charge in [-0.2, -0.15) is 6.92 Å². The SMILES string of the molecule is [CH2-]C.[CH2-]C=O.[Y]. The fraction of sp³-hybridized carbons (Fsp3) is 0.250. The van der Waals surface area contributed by atoms with E-state index in [4.69, 9.17) is 4.79 Å². The van der Waals surface area contributed by atoms with Crippen LogP contribution in [0.1, 0.15) is 6.92 Å². The van der Waals surface area contributed by atoms with Gasteiger partial charge in [-0.25, -0.2) is 0 Å². The Bertz CT molecular complexity index is 15.0. The van der Waals surface area contributed by atoms with Crippen LogP contribution in [0.15, 0.2) is 0 Å². The average Bonchev–Trinajstić information content (AvgIpc) is 1.46. The summed E-state index contributed by atoms with van der Waals surface area (Å²) in [6.45, 7) is 7.81. The van der Waals surface area contributed by atoms with Crippen molar-refractivity contribution in [1.82, 2.24) is 0 Å². The van der Waals surface area contributed by atoms with Crippen LogP contribution in [0.2, 0.25) is 0 Å².